The molecule has 2 nitrogen and oxygen atoms in total. The number of nitrogens with zero attached hydrogens (tertiary/aromatic N) is 2. The van der Waals surface area contributed by atoms with Crippen LogP contribution in [0.5, 0.6) is 0 Å². The molecule has 0 spiro atoms. The van der Waals surface area contributed by atoms with Gasteiger partial charge in [0.05, 0.1) is 0 Å². The second-order valence-electron chi connectivity index (χ2n) is 8.68. The molecular weight excluding hydrogens is 316 g/mol. The molecule has 0 N–H and O–H groups in total. The summed E-state index contributed by atoms with van der Waals surface area (Å²) in [5.74, 6) is 1.41. The fourth-order valence-electron chi connectivity index (χ4n) is 6.32. The van der Waals surface area contributed by atoms with Crippen molar-refractivity contribution in [3.8, 4) is 0 Å². The number of benzene rings is 2. The Bertz CT molecular complexity index is 784. The molecule has 4 aliphatic heterocycles. The zero-order chi connectivity index (χ0) is 17.1. The van der Waals surface area contributed by atoms with Gasteiger partial charge in [0.15, 0.2) is 0 Å². The van der Waals surface area contributed by atoms with E-state index in [4.69, 9.17) is 0 Å². The maximum absolute atomic E-state index is 2.68. The van der Waals surface area contributed by atoms with Crippen LogP contribution in [0, 0.1) is 0 Å². The van der Waals surface area contributed by atoms with Gasteiger partial charge in [0, 0.05) is 37.6 Å². The van der Waals surface area contributed by atoms with Crippen LogP contribution < -0.4 is 9.80 Å². The SMILES string of the molecule is c1cc2c3c(c1)C(C1CCN4CCCc5cccc1c54)CCN3CCC2. The quantitative estimate of drug-likeness (QED) is 0.728. The third-order valence-electron chi connectivity index (χ3n) is 7.39. The van der Waals surface area contributed by atoms with E-state index in [1.54, 1.807) is 33.6 Å². The van der Waals surface area contributed by atoms with Crippen LogP contribution in [0.15, 0.2) is 36.4 Å². The Morgan fingerprint density at radius 2 is 1.12 bits per heavy atom. The molecule has 6 rings (SSSR count). The van der Waals surface area contributed by atoms with Crippen LogP contribution in [0.4, 0.5) is 11.4 Å². The van der Waals surface area contributed by atoms with E-state index in [9.17, 15) is 0 Å². The summed E-state index contributed by atoms with van der Waals surface area (Å²) in [6.07, 6.45) is 7.84. The zero-order valence-corrected chi connectivity index (χ0v) is 15.6. The fourth-order valence-corrected chi connectivity index (χ4v) is 6.32. The van der Waals surface area contributed by atoms with Crippen molar-refractivity contribution in [3.63, 3.8) is 0 Å². The molecule has 0 radical (unpaired) electrons. The normalized spacial score (nSPS) is 26.3. The molecule has 0 saturated carbocycles. The lowest BCUT2D eigenvalue weighted by atomic mass is 9.71. The molecule has 2 heteroatoms. The van der Waals surface area contributed by atoms with E-state index in [-0.39, 0.29) is 0 Å². The molecule has 0 fully saturated rings. The highest BCUT2D eigenvalue weighted by Crippen LogP contribution is 2.51. The maximum Gasteiger partial charge on any atom is 0.0434 e. The Kier molecular flexibility index (Phi) is 3.36. The van der Waals surface area contributed by atoms with Gasteiger partial charge >= 0.3 is 0 Å². The van der Waals surface area contributed by atoms with Crippen molar-refractivity contribution in [2.75, 3.05) is 36.0 Å². The molecule has 4 heterocycles. The van der Waals surface area contributed by atoms with Crippen LogP contribution in [0.1, 0.15) is 59.8 Å². The summed E-state index contributed by atoms with van der Waals surface area (Å²) in [5, 5.41) is 0. The minimum absolute atomic E-state index is 0.704. The van der Waals surface area contributed by atoms with E-state index < -0.39 is 0 Å². The molecule has 0 bridgehead atoms. The summed E-state index contributed by atoms with van der Waals surface area (Å²) < 4.78 is 0. The van der Waals surface area contributed by atoms with Crippen LogP contribution >= 0.6 is 0 Å². The second kappa shape index (κ2) is 5.77. The molecule has 2 unspecified atom stereocenters. The minimum atomic E-state index is 0.704. The largest absolute Gasteiger partial charge is 0.371 e. The van der Waals surface area contributed by atoms with Gasteiger partial charge in [-0.1, -0.05) is 36.4 Å². The number of rotatable bonds is 1. The first-order valence-corrected chi connectivity index (χ1v) is 10.6. The third-order valence-corrected chi connectivity index (χ3v) is 7.39. The maximum atomic E-state index is 2.68. The van der Waals surface area contributed by atoms with Gasteiger partial charge in [-0.15, -0.1) is 0 Å². The van der Waals surface area contributed by atoms with Gasteiger partial charge in [0.25, 0.3) is 0 Å². The summed E-state index contributed by atoms with van der Waals surface area (Å²) in [4.78, 5) is 5.36. The highest BCUT2D eigenvalue weighted by Gasteiger charge is 2.38. The lowest BCUT2D eigenvalue weighted by Crippen LogP contribution is -2.40. The van der Waals surface area contributed by atoms with E-state index in [2.05, 4.69) is 46.2 Å². The van der Waals surface area contributed by atoms with E-state index in [1.807, 2.05) is 0 Å². The standard InChI is InChI=1S/C24H28N2/c1-5-17-7-3-13-25-15-11-19(21(9-1)23(17)25)20-12-16-26-14-4-8-18-6-2-10-22(20)24(18)26/h1-2,5-6,9-10,19-20H,3-4,7-8,11-16H2. The first-order chi connectivity index (χ1) is 12.9. The number of hydrogen-bond acceptors (Lipinski definition) is 2. The average Bonchev–Trinajstić information content (AvgIpc) is 2.70. The molecule has 26 heavy (non-hydrogen) atoms. The number of anilines is 2. The molecule has 134 valence electrons. The van der Waals surface area contributed by atoms with Gasteiger partial charge in [0.2, 0.25) is 0 Å². The predicted octanol–water partition coefficient (Wildman–Crippen LogP) is 4.87. The highest BCUT2D eigenvalue weighted by molar-refractivity contribution is 5.68. The van der Waals surface area contributed by atoms with Crippen molar-refractivity contribution in [3.05, 3.63) is 58.7 Å². The summed E-state index contributed by atoms with van der Waals surface area (Å²) in [6.45, 7) is 5.03. The van der Waals surface area contributed by atoms with Gasteiger partial charge in [-0.05, 0) is 72.6 Å². The van der Waals surface area contributed by atoms with Crippen molar-refractivity contribution in [2.45, 2.75) is 50.4 Å². The highest BCUT2D eigenvalue weighted by atomic mass is 15.2. The Balaban J connectivity index is 1.47. The summed E-state index contributed by atoms with van der Waals surface area (Å²) >= 11 is 0. The second-order valence-corrected chi connectivity index (χ2v) is 8.68. The van der Waals surface area contributed by atoms with Gasteiger partial charge in [-0.3, -0.25) is 0 Å². The van der Waals surface area contributed by atoms with Crippen LogP contribution in [-0.2, 0) is 12.8 Å². The lowest BCUT2D eigenvalue weighted by Gasteiger charge is -2.46. The number of hydrogen-bond donors (Lipinski definition) is 0. The third kappa shape index (κ3) is 2.11. The van der Waals surface area contributed by atoms with Crippen molar-refractivity contribution in [2.24, 2.45) is 0 Å². The predicted molar refractivity (Wildman–Crippen MR) is 109 cm³/mol. The van der Waals surface area contributed by atoms with E-state index in [0.717, 1.165) is 0 Å². The fraction of sp³-hybridized carbons (Fsp3) is 0.500. The Morgan fingerprint density at radius 1 is 0.615 bits per heavy atom. The van der Waals surface area contributed by atoms with E-state index >= 15 is 0 Å². The Hall–Kier alpha value is -1.96. The minimum Gasteiger partial charge on any atom is -0.371 e. The summed E-state index contributed by atoms with van der Waals surface area (Å²) in [7, 11) is 0. The molecule has 2 atom stereocenters. The van der Waals surface area contributed by atoms with Gasteiger partial charge in [-0.2, -0.15) is 0 Å². The summed E-state index contributed by atoms with van der Waals surface area (Å²) in [5.41, 5.74) is 9.74. The van der Waals surface area contributed by atoms with Crippen LogP contribution in [0.25, 0.3) is 0 Å². The molecule has 0 saturated heterocycles. The first kappa shape index (κ1) is 15.1. The number of aryl methyl sites for hydroxylation is 2. The van der Waals surface area contributed by atoms with Gasteiger partial charge < -0.3 is 9.80 Å². The van der Waals surface area contributed by atoms with Crippen molar-refractivity contribution >= 4 is 11.4 Å². The van der Waals surface area contributed by atoms with Crippen LogP contribution in [-0.4, -0.2) is 26.2 Å². The van der Waals surface area contributed by atoms with Gasteiger partial charge in [0.1, 0.15) is 0 Å². The molecule has 0 aliphatic carbocycles. The lowest BCUT2D eigenvalue weighted by molar-refractivity contribution is 0.436. The Labute approximate surface area is 156 Å². The average molecular weight is 345 g/mol. The topological polar surface area (TPSA) is 6.48 Å². The van der Waals surface area contributed by atoms with Crippen molar-refractivity contribution < 1.29 is 0 Å². The number of para-hydroxylation sites is 2. The Morgan fingerprint density at radius 3 is 1.62 bits per heavy atom. The van der Waals surface area contributed by atoms with Crippen LogP contribution in [0.3, 0.4) is 0 Å². The molecule has 0 amide bonds. The van der Waals surface area contributed by atoms with Crippen LogP contribution in [0.2, 0.25) is 0 Å². The summed E-state index contributed by atoms with van der Waals surface area (Å²) in [6, 6.07) is 14.3. The molecular formula is C24H28N2. The van der Waals surface area contributed by atoms with Crippen molar-refractivity contribution in [1.29, 1.82) is 0 Å². The van der Waals surface area contributed by atoms with Gasteiger partial charge in [-0.25, -0.2) is 0 Å². The molecule has 4 aliphatic rings. The van der Waals surface area contributed by atoms with Crippen molar-refractivity contribution in [1.82, 2.24) is 0 Å². The first-order valence-electron chi connectivity index (χ1n) is 10.6. The monoisotopic (exact) mass is 344 g/mol. The van der Waals surface area contributed by atoms with E-state index in [1.165, 1.54) is 64.7 Å². The smallest absolute Gasteiger partial charge is 0.0434 e. The zero-order valence-electron chi connectivity index (χ0n) is 15.6. The molecule has 0 aromatic heterocycles. The molecule has 2 aromatic carbocycles. The van der Waals surface area contributed by atoms with E-state index in [0.29, 0.717) is 11.8 Å². The molecule has 2 aromatic rings.